The molecular weight excluding hydrogens is 321 g/mol. The topological polar surface area (TPSA) is 44.8 Å². The first-order valence-electron chi connectivity index (χ1n) is 5.74. The SMILES string of the molecule is CCCCOP(=O)(OCCCC)OC(Cl)=C(Cl)Cl. The second-order valence-corrected chi connectivity index (χ2v) is 6.33. The third-order valence-corrected chi connectivity index (χ3v) is 4.15. The molecule has 0 radical (unpaired) electrons. The second kappa shape index (κ2) is 10.4. The van der Waals surface area contributed by atoms with E-state index in [0.717, 1.165) is 25.7 Å². The molecule has 0 aliphatic rings. The average Bonchev–Trinajstić information content (AvgIpc) is 2.29. The summed E-state index contributed by atoms with van der Waals surface area (Å²) in [7, 11) is -3.75. The van der Waals surface area contributed by atoms with Crippen molar-refractivity contribution >= 4 is 42.6 Å². The molecule has 0 saturated carbocycles. The van der Waals surface area contributed by atoms with Crippen LogP contribution in [-0.4, -0.2) is 13.2 Å². The van der Waals surface area contributed by atoms with E-state index in [-0.39, 0.29) is 17.7 Å². The van der Waals surface area contributed by atoms with E-state index in [1.54, 1.807) is 0 Å². The third-order valence-electron chi connectivity index (χ3n) is 1.84. The Morgan fingerprint density at radius 3 is 1.78 bits per heavy atom. The van der Waals surface area contributed by atoms with E-state index in [0.29, 0.717) is 0 Å². The maximum absolute atomic E-state index is 12.2. The summed E-state index contributed by atoms with van der Waals surface area (Å²) in [6.07, 6.45) is 3.27. The molecule has 0 aromatic rings. The molecule has 18 heavy (non-hydrogen) atoms. The molecule has 0 amide bonds. The van der Waals surface area contributed by atoms with E-state index in [9.17, 15) is 4.57 Å². The highest BCUT2D eigenvalue weighted by Gasteiger charge is 2.29. The van der Waals surface area contributed by atoms with E-state index in [4.69, 9.17) is 48.4 Å². The number of halogens is 3. The normalized spacial score (nSPS) is 11.4. The zero-order valence-electron chi connectivity index (χ0n) is 10.5. The van der Waals surface area contributed by atoms with Crippen molar-refractivity contribution in [2.45, 2.75) is 39.5 Å². The summed E-state index contributed by atoms with van der Waals surface area (Å²) in [5.41, 5.74) is 0. The lowest BCUT2D eigenvalue weighted by Gasteiger charge is -2.17. The van der Waals surface area contributed by atoms with Crippen LogP contribution in [0.1, 0.15) is 39.5 Å². The van der Waals surface area contributed by atoms with Crippen LogP contribution in [-0.2, 0) is 18.1 Å². The Morgan fingerprint density at radius 2 is 1.44 bits per heavy atom. The van der Waals surface area contributed by atoms with Crippen molar-refractivity contribution in [2.24, 2.45) is 0 Å². The van der Waals surface area contributed by atoms with Gasteiger partial charge < -0.3 is 4.52 Å². The van der Waals surface area contributed by atoms with Gasteiger partial charge in [-0.25, -0.2) is 4.57 Å². The van der Waals surface area contributed by atoms with Gasteiger partial charge in [-0.3, -0.25) is 9.05 Å². The zero-order valence-corrected chi connectivity index (χ0v) is 13.6. The van der Waals surface area contributed by atoms with E-state index in [1.807, 2.05) is 13.8 Å². The predicted octanol–water partition coefficient (Wildman–Crippen LogP) is 5.59. The van der Waals surface area contributed by atoms with Crippen LogP contribution in [0.2, 0.25) is 0 Å². The minimum Gasteiger partial charge on any atom is -0.390 e. The van der Waals surface area contributed by atoms with Gasteiger partial charge >= 0.3 is 7.82 Å². The lowest BCUT2D eigenvalue weighted by Crippen LogP contribution is -2.02. The van der Waals surface area contributed by atoms with E-state index in [1.165, 1.54) is 0 Å². The van der Waals surface area contributed by atoms with Crippen molar-refractivity contribution in [2.75, 3.05) is 13.2 Å². The largest absolute Gasteiger partial charge is 0.530 e. The van der Waals surface area contributed by atoms with Crippen LogP contribution in [0, 0.1) is 0 Å². The monoisotopic (exact) mass is 338 g/mol. The molecule has 0 unspecified atom stereocenters. The molecule has 0 spiro atoms. The first-order chi connectivity index (χ1) is 8.45. The van der Waals surface area contributed by atoms with Crippen LogP contribution in [0.25, 0.3) is 0 Å². The lowest BCUT2D eigenvalue weighted by molar-refractivity contribution is 0.137. The van der Waals surface area contributed by atoms with E-state index in [2.05, 4.69) is 0 Å². The molecule has 4 nitrogen and oxygen atoms in total. The third kappa shape index (κ3) is 8.63. The molecule has 0 atom stereocenters. The number of phosphoric acid groups is 1. The van der Waals surface area contributed by atoms with Crippen LogP contribution in [0.5, 0.6) is 0 Å². The molecule has 0 heterocycles. The Hall–Kier alpha value is 0.560. The van der Waals surface area contributed by atoms with Crippen LogP contribution in [0.15, 0.2) is 9.71 Å². The number of phosphoric ester groups is 1. The Kier molecular flexibility index (Phi) is 10.7. The molecule has 0 aliphatic heterocycles. The smallest absolute Gasteiger partial charge is 0.390 e. The Balaban J connectivity index is 4.48. The van der Waals surface area contributed by atoms with Crippen molar-refractivity contribution in [3.05, 3.63) is 9.71 Å². The fourth-order valence-corrected chi connectivity index (χ4v) is 2.48. The highest BCUT2D eigenvalue weighted by molar-refractivity contribution is 7.48. The van der Waals surface area contributed by atoms with Gasteiger partial charge in [0.05, 0.1) is 13.2 Å². The summed E-state index contributed by atoms with van der Waals surface area (Å²) < 4.78 is 27.0. The standard InChI is InChI=1S/C10H18Cl3O4P/c1-3-5-7-15-18(14,16-8-6-4-2)17-10(13)9(11)12/h3-8H2,1-2H3. The molecule has 0 bridgehead atoms. The summed E-state index contributed by atoms with van der Waals surface area (Å²) in [6.45, 7) is 4.47. The highest BCUT2D eigenvalue weighted by Crippen LogP contribution is 2.53. The maximum Gasteiger partial charge on any atom is 0.530 e. The van der Waals surface area contributed by atoms with Crippen molar-refractivity contribution in [1.29, 1.82) is 0 Å². The second-order valence-electron chi connectivity index (χ2n) is 3.45. The summed E-state index contributed by atoms with van der Waals surface area (Å²) in [6, 6.07) is 0. The Labute approximate surface area is 123 Å². The molecular formula is C10H18Cl3O4P. The van der Waals surface area contributed by atoms with Gasteiger partial charge in [-0.05, 0) is 24.4 Å². The fraction of sp³-hybridized carbons (Fsp3) is 0.800. The maximum atomic E-state index is 12.2. The van der Waals surface area contributed by atoms with Gasteiger partial charge in [-0.15, -0.1) is 0 Å². The summed E-state index contributed by atoms with van der Waals surface area (Å²) in [4.78, 5) is 0. The molecule has 0 N–H and O–H groups in total. The predicted molar refractivity (Wildman–Crippen MR) is 75.0 cm³/mol. The van der Waals surface area contributed by atoms with Crippen molar-refractivity contribution in [3.8, 4) is 0 Å². The fourth-order valence-electron chi connectivity index (χ4n) is 0.864. The molecule has 0 aromatic heterocycles. The summed E-state index contributed by atoms with van der Waals surface area (Å²) in [5.74, 6) is 0. The van der Waals surface area contributed by atoms with Gasteiger partial charge in [-0.2, -0.15) is 0 Å². The van der Waals surface area contributed by atoms with Gasteiger partial charge in [0.2, 0.25) is 5.22 Å². The minimum atomic E-state index is -3.75. The minimum absolute atomic E-state index is 0.254. The first-order valence-corrected chi connectivity index (χ1v) is 8.34. The van der Waals surface area contributed by atoms with Crippen LogP contribution >= 0.6 is 42.6 Å². The number of rotatable bonds is 10. The highest BCUT2D eigenvalue weighted by atomic mass is 35.5. The average molecular weight is 340 g/mol. The Morgan fingerprint density at radius 1 is 1.00 bits per heavy atom. The zero-order chi connectivity index (χ0) is 14.0. The molecule has 0 aliphatic carbocycles. The number of hydrogen-bond donors (Lipinski definition) is 0. The quantitative estimate of drug-likeness (QED) is 0.296. The van der Waals surface area contributed by atoms with E-state index >= 15 is 0 Å². The van der Waals surface area contributed by atoms with Gasteiger partial charge in [0.25, 0.3) is 0 Å². The molecule has 8 heteroatoms. The van der Waals surface area contributed by atoms with Crippen LogP contribution < -0.4 is 0 Å². The summed E-state index contributed by atoms with van der Waals surface area (Å²) >= 11 is 16.4. The van der Waals surface area contributed by atoms with Crippen molar-refractivity contribution < 1.29 is 18.1 Å². The number of unbranched alkanes of at least 4 members (excludes halogenated alkanes) is 2. The van der Waals surface area contributed by atoms with Crippen LogP contribution in [0.4, 0.5) is 0 Å². The van der Waals surface area contributed by atoms with Gasteiger partial charge in [0.15, 0.2) is 4.49 Å². The first kappa shape index (κ1) is 18.6. The van der Waals surface area contributed by atoms with Gasteiger partial charge in [-0.1, -0.05) is 49.9 Å². The van der Waals surface area contributed by atoms with Crippen molar-refractivity contribution in [3.63, 3.8) is 0 Å². The molecule has 0 fully saturated rings. The molecule has 0 aromatic carbocycles. The molecule has 0 saturated heterocycles. The summed E-state index contributed by atoms with van der Waals surface area (Å²) in [5, 5.41) is -0.394. The Bertz CT molecular complexity index is 291. The van der Waals surface area contributed by atoms with Gasteiger partial charge in [0, 0.05) is 0 Å². The lowest BCUT2D eigenvalue weighted by atomic mass is 10.4. The van der Waals surface area contributed by atoms with Crippen LogP contribution in [0.3, 0.4) is 0 Å². The number of hydrogen-bond acceptors (Lipinski definition) is 4. The molecule has 0 rings (SSSR count). The molecule has 108 valence electrons. The van der Waals surface area contributed by atoms with E-state index < -0.39 is 13.0 Å². The van der Waals surface area contributed by atoms with Crippen molar-refractivity contribution in [1.82, 2.24) is 0 Å². The van der Waals surface area contributed by atoms with Gasteiger partial charge in [0.1, 0.15) is 0 Å².